The van der Waals surface area contributed by atoms with E-state index in [1.807, 2.05) is 6.08 Å². The van der Waals surface area contributed by atoms with Crippen molar-refractivity contribution in [3.05, 3.63) is 12.2 Å². The highest BCUT2D eigenvalue weighted by atomic mass is 28.4. The van der Waals surface area contributed by atoms with E-state index in [-0.39, 0.29) is 23.3 Å². The van der Waals surface area contributed by atoms with Crippen LogP contribution in [0.2, 0.25) is 18.1 Å². The molecule has 4 nitrogen and oxygen atoms in total. The van der Waals surface area contributed by atoms with Gasteiger partial charge in [0.05, 0.1) is 12.1 Å². The highest BCUT2D eigenvalue weighted by Crippen LogP contribution is 2.38. The molecule has 5 heteroatoms. The number of cyclic esters (lactones) is 1. The summed E-state index contributed by atoms with van der Waals surface area (Å²) in [6.45, 7) is 12.2. The van der Waals surface area contributed by atoms with Gasteiger partial charge in [-0.3, -0.25) is 4.90 Å². The predicted molar refractivity (Wildman–Crippen MR) is 73.1 cm³/mol. The van der Waals surface area contributed by atoms with Crippen molar-refractivity contribution in [2.45, 2.75) is 51.0 Å². The smallest absolute Gasteiger partial charge is 0.410 e. The third-order valence-corrected chi connectivity index (χ3v) is 8.73. The normalized spacial score (nSPS) is 28.3. The van der Waals surface area contributed by atoms with E-state index in [2.05, 4.69) is 39.9 Å². The van der Waals surface area contributed by atoms with E-state index in [0.717, 1.165) is 0 Å². The Bertz CT molecular complexity index is 373. The van der Waals surface area contributed by atoms with E-state index >= 15 is 0 Å². The number of ether oxygens (including phenoxy) is 1. The summed E-state index contributed by atoms with van der Waals surface area (Å²) in [5.74, 6) is 0. The maximum absolute atomic E-state index is 11.5. The lowest BCUT2D eigenvalue weighted by molar-refractivity contribution is 0.124. The largest absolute Gasteiger partial charge is 0.447 e. The number of hydrogen-bond acceptors (Lipinski definition) is 3. The first kappa shape index (κ1) is 13.6. The molecule has 0 spiro atoms. The van der Waals surface area contributed by atoms with Crippen LogP contribution in [0.4, 0.5) is 4.79 Å². The Hall–Kier alpha value is -0.813. The number of hydrogen-bond donors (Lipinski definition) is 0. The fourth-order valence-corrected chi connectivity index (χ4v) is 3.29. The van der Waals surface area contributed by atoms with E-state index in [1.54, 1.807) is 4.90 Å². The second-order valence-corrected chi connectivity index (χ2v) is 11.3. The third-order valence-electron chi connectivity index (χ3n) is 4.26. The minimum Gasteiger partial charge on any atom is -0.447 e. The molecule has 102 valence electrons. The van der Waals surface area contributed by atoms with E-state index in [9.17, 15) is 4.79 Å². The Morgan fingerprint density at radius 1 is 1.44 bits per heavy atom. The fourth-order valence-electron chi connectivity index (χ4n) is 2.02. The topological polar surface area (TPSA) is 38.8 Å². The maximum Gasteiger partial charge on any atom is 0.410 e. The van der Waals surface area contributed by atoms with Gasteiger partial charge in [0.15, 0.2) is 8.32 Å². The van der Waals surface area contributed by atoms with Gasteiger partial charge in [-0.15, -0.1) is 0 Å². The zero-order valence-electron chi connectivity index (χ0n) is 11.9. The van der Waals surface area contributed by atoms with Crippen LogP contribution in [0.1, 0.15) is 20.8 Å². The molecule has 2 atom stereocenters. The summed E-state index contributed by atoms with van der Waals surface area (Å²) in [6.07, 6.45) is 3.85. The van der Waals surface area contributed by atoms with Gasteiger partial charge in [-0.2, -0.15) is 0 Å². The standard InChI is InChI=1S/C13H23NO3Si/c1-13(2,3)18(4,5)17-11-7-6-8-14-10(11)9-16-12(14)15/h6-7,10-11H,8-9H2,1-5H3/t10-,11-/m0/s1. The van der Waals surface area contributed by atoms with Crippen LogP contribution in [0.25, 0.3) is 0 Å². The molecule has 0 bridgehead atoms. The molecule has 2 heterocycles. The number of fused-ring (bicyclic) bond motifs is 1. The number of amides is 1. The molecule has 1 fully saturated rings. The highest BCUT2D eigenvalue weighted by Gasteiger charge is 2.45. The van der Waals surface area contributed by atoms with Gasteiger partial charge in [0.2, 0.25) is 0 Å². The van der Waals surface area contributed by atoms with E-state index in [0.29, 0.717) is 13.2 Å². The van der Waals surface area contributed by atoms with Crippen molar-refractivity contribution in [1.29, 1.82) is 0 Å². The molecule has 0 saturated carbocycles. The summed E-state index contributed by atoms with van der Waals surface area (Å²) in [4.78, 5) is 13.3. The van der Waals surface area contributed by atoms with Crippen LogP contribution in [0.5, 0.6) is 0 Å². The predicted octanol–water partition coefficient (Wildman–Crippen LogP) is 2.77. The molecule has 18 heavy (non-hydrogen) atoms. The zero-order chi connectivity index (χ0) is 13.6. The van der Waals surface area contributed by atoms with Crippen LogP contribution in [-0.2, 0) is 9.16 Å². The second kappa shape index (κ2) is 4.38. The summed E-state index contributed by atoms with van der Waals surface area (Å²) in [7, 11) is -1.82. The molecule has 0 radical (unpaired) electrons. The van der Waals surface area contributed by atoms with Crippen LogP contribution in [0.3, 0.4) is 0 Å². The van der Waals surface area contributed by atoms with Gasteiger partial charge in [0, 0.05) is 6.54 Å². The van der Waals surface area contributed by atoms with E-state index in [1.165, 1.54) is 0 Å². The molecular weight excluding hydrogens is 246 g/mol. The average molecular weight is 269 g/mol. The van der Waals surface area contributed by atoms with Crippen molar-refractivity contribution in [2.24, 2.45) is 0 Å². The Balaban J connectivity index is 2.12. The van der Waals surface area contributed by atoms with Crippen molar-refractivity contribution in [2.75, 3.05) is 13.2 Å². The van der Waals surface area contributed by atoms with Gasteiger partial charge in [0.25, 0.3) is 0 Å². The molecule has 1 amide bonds. The van der Waals surface area contributed by atoms with Crippen LogP contribution < -0.4 is 0 Å². The number of carbonyl (C=O) groups excluding carboxylic acids is 1. The quantitative estimate of drug-likeness (QED) is 0.571. The Kier molecular flexibility index (Phi) is 3.31. The van der Waals surface area contributed by atoms with Crippen molar-refractivity contribution >= 4 is 14.4 Å². The molecule has 0 aromatic heterocycles. The van der Waals surface area contributed by atoms with Crippen molar-refractivity contribution < 1.29 is 14.0 Å². The molecule has 0 unspecified atom stereocenters. The van der Waals surface area contributed by atoms with E-state index in [4.69, 9.17) is 9.16 Å². The Labute approximate surface area is 110 Å². The van der Waals surface area contributed by atoms with Crippen molar-refractivity contribution in [3.8, 4) is 0 Å². The Morgan fingerprint density at radius 2 is 2.11 bits per heavy atom. The Morgan fingerprint density at radius 3 is 2.72 bits per heavy atom. The van der Waals surface area contributed by atoms with Crippen LogP contribution >= 0.6 is 0 Å². The van der Waals surface area contributed by atoms with Gasteiger partial charge >= 0.3 is 6.09 Å². The minimum absolute atomic E-state index is 0.0221. The lowest BCUT2D eigenvalue weighted by Crippen LogP contribution is -2.52. The van der Waals surface area contributed by atoms with Crippen LogP contribution in [0, 0.1) is 0 Å². The molecule has 2 rings (SSSR count). The number of nitrogens with zero attached hydrogens (tertiary/aromatic N) is 1. The summed E-state index contributed by atoms with van der Waals surface area (Å²) in [6, 6.07) is 0.0524. The maximum atomic E-state index is 11.5. The molecule has 0 aliphatic carbocycles. The molecule has 0 N–H and O–H groups in total. The van der Waals surface area contributed by atoms with Gasteiger partial charge in [0.1, 0.15) is 6.61 Å². The lowest BCUT2D eigenvalue weighted by atomic mass is 10.1. The second-order valence-electron chi connectivity index (χ2n) is 6.57. The van der Waals surface area contributed by atoms with Crippen molar-refractivity contribution in [3.63, 3.8) is 0 Å². The first-order chi connectivity index (χ1) is 8.22. The summed E-state index contributed by atoms with van der Waals surface area (Å²) in [5, 5.41) is 0.173. The minimum atomic E-state index is -1.82. The molecule has 2 aliphatic rings. The van der Waals surface area contributed by atoms with Gasteiger partial charge < -0.3 is 9.16 Å². The molecule has 0 aromatic rings. The highest BCUT2D eigenvalue weighted by molar-refractivity contribution is 6.74. The first-order valence-corrected chi connectivity index (χ1v) is 9.41. The zero-order valence-corrected chi connectivity index (χ0v) is 12.9. The third kappa shape index (κ3) is 2.33. The lowest BCUT2D eigenvalue weighted by Gasteiger charge is -2.41. The number of rotatable bonds is 2. The van der Waals surface area contributed by atoms with Gasteiger partial charge in [-0.1, -0.05) is 32.9 Å². The van der Waals surface area contributed by atoms with E-state index < -0.39 is 8.32 Å². The summed E-state index contributed by atoms with van der Waals surface area (Å²) >= 11 is 0. The van der Waals surface area contributed by atoms with Gasteiger partial charge in [-0.05, 0) is 18.1 Å². The summed E-state index contributed by atoms with van der Waals surface area (Å²) in [5.41, 5.74) is 0. The fraction of sp³-hybridized carbons (Fsp3) is 0.769. The van der Waals surface area contributed by atoms with Crippen LogP contribution in [0.15, 0.2) is 12.2 Å². The SMILES string of the molecule is CC(C)(C)[Si](C)(C)O[C@H]1C=CCN2C(=O)OC[C@@H]12. The first-order valence-electron chi connectivity index (χ1n) is 6.50. The molecular formula is C13H23NO3Si. The monoisotopic (exact) mass is 269 g/mol. The van der Waals surface area contributed by atoms with Crippen LogP contribution in [-0.4, -0.2) is 44.6 Å². The molecule has 2 aliphatic heterocycles. The average Bonchev–Trinajstić information content (AvgIpc) is 2.60. The summed E-state index contributed by atoms with van der Waals surface area (Å²) < 4.78 is 11.5. The number of carbonyl (C=O) groups is 1. The van der Waals surface area contributed by atoms with Gasteiger partial charge in [-0.25, -0.2) is 4.79 Å². The molecule has 1 saturated heterocycles. The molecule has 0 aromatic carbocycles. The van der Waals surface area contributed by atoms with Crippen molar-refractivity contribution in [1.82, 2.24) is 4.90 Å².